The maximum absolute atomic E-state index is 13.4. The SMILES string of the molecule is COc1ccc(-c2cc(-c3cccc(OC)c3)nc(NS(=O)(=O)c3c([O-])on[n+]3-c3ccc(Cl)cc3)n2)cc1. The van der Waals surface area contributed by atoms with E-state index in [9.17, 15) is 13.5 Å². The molecule has 0 aliphatic heterocycles. The molecule has 39 heavy (non-hydrogen) atoms. The molecular formula is C26H20ClN5O6S. The predicted octanol–water partition coefficient (Wildman–Crippen LogP) is 3.62. The maximum Gasteiger partial charge on any atom is 0.373 e. The Bertz CT molecular complexity index is 1740. The molecule has 0 radical (unpaired) electrons. The molecule has 0 bridgehead atoms. The largest absolute Gasteiger partial charge is 0.538 e. The summed E-state index contributed by atoms with van der Waals surface area (Å²) < 4.78 is 45.3. The Hall–Kier alpha value is -4.68. The standard InChI is InChI=1S/C26H20ClN5O6S/c1-36-20-12-6-16(7-13-20)22-15-23(17-4-3-5-21(14-17)37-2)29-26(28-22)30-39(34,35)24-25(33)38-31-32(24)19-10-8-18(27)9-11-19/h3-15H,1-2H3,(H-,28,29,30,31,33). The number of hydrogen-bond donors (Lipinski definition) is 1. The van der Waals surface area contributed by atoms with Crippen LogP contribution in [-0.4, -0.2) is 37.9 Å². The fraction of sp³-hybridized carbons (Fsp3) is 0.0769. The maximum atomic E-state index is 13.4. The first-order chi connectivity index (χ1) is 18.8. The molecule has 198 valence electrons. The molecule has 0 aliphatic rings. The van der Waals surface area contributed by atoms with E-state index in [4.69, 9.17) is 21.1 Å². The fourth-order valence-electron chi connectivity index (χ4n) is 3.71. The summed E-state index contributed by atoms with van der Waals surface area (Å²) in [4.78, 5) is 8.83. The van der Waals surface area contributed by atoms with Crippen molar-refractivity contribution in [1.82, 2.24) is 15.2 Å². The van der Waals surface area contributed by atoms with Crippen LogP contribution in [0.15, 0.2) is 88.4 Å². The average molecular weight is 566 g/mol. The van der Waals surface area contributed by atoms with Crippen LogP contribution in [0.4, 0.5) is 5.95 Å². The number of nitrogens with one attached hydrogen (secondary N) is 1. The van der Waals surface area contributed by atoms with Crippen molar-refractivity contribution in [3.8, 4) is 45.6 Å². The van der Waals surface area contributed by atoms with Crippen LogP contribution in [0, 0.1) is 0 Å². The van der Waals surface area contributed by atoms with Crippen LogP contribution in [0.25, 0.3) is 28.2 Å². The number of rotatable bonds is 8. The molecule has 2 aromatic heterocycles. The van der Waals surface area contributed by atoms with Crippen molar-refractivity contribution in [2.45, 2.75) is 5.03 Å². The third kappa shape index (κ3) is 5.47. The quantitative estimate of drug-likeness (QED) is 0.279. The first-order valence-corrected chi connectivity index (χ1v) is 13.2. The molecule has 0 amide bonds. The van der Waals surface area contributed by atoms with E-state index in [0.29, 0.717) is 39.0 Å². The molecule has 1 N–H and O–H groups in total. The Kier molecular flexibility index (Phi) is 7.05. The second kappa shape index (κ2) is 10.6. The Morgan fingerprint density at radius 2 is 1.54 bits per heavy atom. The van der Waals surface area contributed by atoms with Crippen molar-refractivity contribution in [2.75, 3.05) is 18.9 Å². The van der Waals surface area contributed by atoms with Crippen molar-refractivity contribution in [3.05, 3.63) is 83.9 Å². The van der Waals surface area contributed by atoms with Gasteiger partial charge in [0.15, 0.2) is 5.95 Å². The minimum Gasteiger partial charge on any atom is -0.538 e. The van der Waals surface area contributed by atoms with Gasteiger partial charge in [0, 0.05) is 28.3 Å². The topological polar surface area (TPSA) is 143 Å². The number of sulfonamides is 1. The van der Waals surface area contributed by atoms with E-state index in [2.05, 4.69) is 24.5 Å². The van der Waals surface area contributed by atoms with Gasteiger partial charge in [-0.15, -0.1) is 0 Å². The van der Waals surface area contributed by atoms with Crippen LogP contribution in [0.3, 0.4) is 0 Å². The van der Waals surface area contributed by atoms with Crippen molar-refractivity contribution in [2.24, 2.45) is 0 Å². The Morgan fingerprint density at radius 3 is 2.21 bits per heavy atom. The highest BCUT2D eigenvalue weighted by Crippen LogP contribution is 2.29. The lowest BCUT2D eigenvalue weighted by Gasteiger charge is -2.11. The van der Waals surface area contributed by atoms with Gasteiger partial charge in [-0.2, -0.15) is 8.42 Å². The number of nitrogens with zero attached hydrogens (tertiary/aromatic N) is 4. The summed E-state index contributed by atoms with van der Waals surface area (Å²) in [5.74, 6) is -0.214. The zero-order chi connectivity index (χ0) is 27.6. The molecule has 0 saturated heterocycles. The zero-order valence-electron chi connectivity index (χ0n) is 20.5. The van der Waals surface area contributed by atoms with Crippen LogP contribution >= 0.6 is 11.6 Å². The molecule has 5 rings (SSSR count). The molecule has 0 atom stereocenters. The number of halogens is 1. The first kappa shape index (κ1) is 25.9. The zero-order valence-corrected chi connectivity index (χ0v) is 22.1. The van der Waals surface area contributed by atoms with Gasteiger partial charge in [-0.1, -0.05) is 23.7 Å². The lowest BCUT2D eigenvalue weighted by molar-refractivity contribution is -0.706. The number of ether oxygens (including phenoxy) is 2. The number of methoxy groups -OCH3 is 2. The molecular weight excluding hydrogens is 546 g/mol. The highest BCUT2D eigenvalue weighted by atomic mass is 35.5. The molecule has 0 fully saturated rings. The highest BCUT2D eigenvalue weighted by molar-refractivity contribution is 7.92. The normalized spacial score (nSPS) is 11.3. The van der Waals surface area contributed by atoms with Gasteiger partial charge in [-0.3, -0.25) is 0 Å². The van der Waals surface area contributed by atoms with Gasteiger partial charge in [0.25, 0.3) is 0 Å². The van der Waals surface area contributed by atoms with Gasteiger partial charge >= 0.3 is 15.0 Å². The van der Waals surface area contributed by atoms with Gasteiger partial charge in [0.05, 0.1) is 30.9 Å². The second-order valence-corrected chi connectivity index (χ2v) is 10.1. The van der Waals surface area contributed by atoms with Crippen molar-refractivity contribution in [3.63, 3.8) is 0 Å². The van der Waals surface area contributed by atoms with E-state index < -0.39 is 21.0 Å². The van der Waals surface area contributed by atoms with Gasteiger partial charge in [-0.05, 0) is 59.3 Å². The van der Waals surface area contributed by atoms with E-state index in [0.717, 1.165) is 4.68 Å². The molecule has 11 nitrogen and oxygen atoms in total. The molecule has 0 saturated carbocycles. The third-order valence-electron chi connectivity index (χ3n) is 5.60. The fourth-order valence-corrected chi connectivity index (χ4v) is 4.89. The van der Waals surface area contributed by atoms with Crippen molar-refractivity contribution < 1.29 is 32.2 Å². The number of benzene rings is 3. The van der Waals surface area contributed by atoms with Gasteiger partial charge < -0.3 is 19.1 Å². The first-order valence-electron chi connectivity index (χ1n) is 11.3. The minimum absolute atomic E-state index is 0.246. The Labute approximate surface area is 228 Å². The Morgan fingerprint density at radius 1 is 0.872 bits per heavy atom. The van der Waals surface area contributed by atoms with Crippen LogP contribution < -0.4 is 24.0 Å². The number of hydrogen-bond acceptors (Lipinski definition) is 9. The molecule has 0 aliphatic carbocycles. The van der Waals surface area contributed by atoms with Crippen molar-refractivity contribution in [1.29, 1.82) is 0 Å². The summed E-state index contributed by atoms with van der Waals surface area (Å²) in [7, 11) is -1.48. The van der Waals surface area contributed by atoms with Crippen LogP contribution in [0.2, 0.25) is 5.02 Å². The Balaban J connectivity index is 1.60. The van der Waals surface area contributed by atoms with E-state index in [1.807, 2.05) is 0 Å². The second-order valence-electron chi connectivity index (χ2n) is 8.08. The summed E-state index contributed by atoms with van der Waals surface area (Å²) in [6.45, 7) is 0. The molecule has 0 unspecified atom stereocenters. The summed E-state index contributed by atoms with van der Waals surface area (Å²) in [6.07, 6.45) is 0. The van der Waals surface area contributed by atoms with E-state index in [1.54, 1.807) is 61.7 Å². The monoisotopic (exact) mass is 565 g/mol. The summed E-state index contributed by atoms with van der Waals surface area (Å²) in [5, 5.41) is 15.7. The van der Waals surface area contributed by atoms with Gasteiger partial charge in [0.1, 0.15) is 11.5 Å². The molecule has 0 spiro atoms. The summed E-state index contributed by atoms with van der Waals surface area (Å²) in [5.41, 5.74) is 2.40. The van der Waals surface area contributed by atoms with E-state index in [1.165, 1.54) is 31.4 Å². The lowest BCUT2D eigenvalue weighted by atomic mass is 10.1. The smallest absolute Gasteiger partial charge is 0.373 e. The third-order valence-corrected chi connectivity index (χ3v) is 7.15. The van der Waals surface area contributed by atoms with E-state index >= 15 is 0 Å². The summed E-state index contributed by atoms with van der Waals surface area (Å²) >= 11 is 5.93. The van der Waals surface area contributed by atoms with E-state index in [-0.39, 0.29) is 11.6 Å². The van der Waals surface area contributed by atoms with Crippen LogP contribution in [-0.2, 0) is 10.0 Å². The van der Waals surface area contributed by atoms with Crippen LogP contribution in [0.5, 0.6) is 17.4 Å². The highest BCUT2D eigenvalue weighted by Gasteiger charge is 2.34. The molecule has 2 heterocycles. The minimum atomic E-state index is -4.57. The average Bonchev–Trinajstić information content (AvgIpc) is 3.35. The van der Waals surface area contributed by atoms with Gasteiger partial charge in [0.2, 0.25) is 11.6 Å². The van der Waals surface area contributed by atoms with Gasteiger partial charge in [-0.25, -0.2) is 14.7 Å². The van der Waals surface area contributed by atoms with Crippen molar-refractivity contribution >= 4 is 27.6 Å². The van der Waals surface area contributed by atoms with Crippen LogP contribution in [0.1, 0.15) is 0 Å². The molecule has 13 heteroatoms. The summed E-state index contributed by atoms with van der Waals surface area (Å²) in [6, 6.07) is 21.9. The predicted molar refractivity (Wildman–Crippen MR) is 139 cm³/mol. The number of aromatic nitrogens is 4. The molecule has 3 aromatic carbocycles. The lowest BCUT2D eigenvalue weighted by Crippen LogP contribution is -2.40. The number of anilines is 1. The molecule has 5 aromatic rings.